The minimum Gasteiger partial charge on any atom is -0.491 e. The Kier molecular flexibility index (Phi) is 5.81. The molecule has 0 spiro atoms. The Morgan fingerprint density at radius 2 is 1.68 bits per heavy atom. The summed E-state index contributed by atoms with van der Waals surface area (Å²) in [6, 6.07) is 3.39. The zero-order valence-corrected chi connectivity index (χ0v) is 10.6. The first-order chi connectivity index (χ1) is 9.26. The molecular formula is C17H14O2. The number of hydrogen-bond donors (Lipinski definition) is 0. The molecule has 2 heteroatoms. The van der Waals surface area contributed by atoms with Crippen LogP contribution in [0.25, 0.3) is 0 Å². The van der Waals surface area contributed by atoms with E-state index in [0.29, 0.717) is 35.5 Å². The summed E-state index contributed by atoms with van der Waals surface area (Å²) >= 11 is 0. The molecule has 1 aromatic carbocycles. The van der Waals surface area contributed by atoms with Crippen molar-refractivity contribution in [3.63, 3.8) is 0 Å². The highest BCUT2D eigenvalue weighted by Crippen LogP contribution is 2.25. The lowest BCUT2D eigenvalue weighted by molar-refractivity contribution is -0.107. The molecule has 0 saturated heterocycles. The second-order valence-corrected chi connectivity index (χ2v) is 3.84. The number of aldehydes is 1. The van der Waals surface area contributed by atoms with Gasteiger partial charge in [-0.05, 0) is 25.0 Å². The van der Waals surface area contributed by atoms with E-state index in [1.807, 2.05) is 0 Å². The largest absolute Gasteiger partial charge is 0.491 e. The third-order valence-electron chi connectivity index (χ3n) is 2.53. The van der Waals surface area contributed by atoms with Crippen molar-refractivity contribution in [1.82, 2.24) is 0 Å². The molecule has 0 saturated carbocycles. The lowest BCUT2D eigenvalue weighted by Crippen LogP contribution is -2.02. The molecule has 1 aromatic rings. The van der Waals surface area contributed by atoms with Gasteiger partial charge in [0.1, 0.15) is 6.29 Å². The van der Waals surface area contributed by atoms with Gasteiger partial charge in [-0.15, -0.1) is 19.3 Å². The van der Waals surface area contributed by atoms with Crippen molar-refractivity contribution in [3.8, 4) is 42.8 Å². The molecule has 0 radical (unpaired) electrons. The molecule has 0 aliphatic heterocycles. The van der Waals surface area contributed by atoms with E-state index in [4.69, 9.17) is 24.0 Å². The molecule has 1 rings (SSSR count). The number of terminal acetylenes is 3. The molecule has 0 fully saturated rings. The molecule has 94 valence electrons. The monoisotopic (exact) mass is 250 g/mol. The second-order valence-electron chi connectivity index (χ2n) is 3.84. The van der Waals surface area contributed by atoms with Crippen LogP contribution in [0.4, 0.5) is 0 Å². The van der Waals surface area contributed by atoms with E-state index in [9.17, 15) is 4.79 Å². The average molecular weight is 250 g/mol. The predicted octanol–water partition coefficient (Wildman–Crippen LogP) is 2.38. The minimum absolute atomic E-state index is 0.465. The van der Waals surface area contributed by atoms with Crippen molar-refractivity contribution < 1.29 is 9.53 Å². The summed E-state index contributed by atoms with van der Waals surface area (Å²) in [5, 5.41) is 0. The quantitative estimate of drug-likeness (QED) is 0.440. The Morgan fingerprint density at radius 1 is 1.05 bits per heavy atom. The van der Waals surface area contributed by atoms with Gasteiger partial charge in [-0.25, -0.2) is 0 Å². The highest BCUT2D eigenvalue weighted by Gasteiger charge is 2.09. The van der Waals surface area contributed by atoms with Crippen LogP contribution in [-0.4, -0.2) is 12.9 Å². The van der Waals surface area contributed by atoms with Crippen LogP contribution >= 0.6 is 0 Å². The van der Waals surface area contributed by atoms with Crippen molar-refractivity contribution in [2.24, 2.45) is 0 Å². The maximum Gasteiger partial charge on any atom is 0.150 e. The standard InChI is InChI=1S/C17H14O2/c1-4-14-12-15(5-2)17(16(6-3)13-14)19-11-9-7-8-10-18/h1-3,10,12-13H,7-9,11H2. The molecular weight excluding hydrogens is 236 g/mol. The molecule has 0 bridgehead atoms. The van der Waals surface area contributed by atoms with E-state index in [1.54, 1.807) is 12.1 Å². The highest BCUT2D eigenvalue weighted by atomic mass is 16.5. The zero-order chi connectivity index (χ0) is 14.1. The lowest BCUT2D eigenvalue weighted by Gasteiger charge is -2.11. The van der Waals surface area contributed by atoms with Crippen LogP contribution < -0.4 is 4.74 Å². The van der Waals surface area contributed by atoms with Crippen LogP contribution in [0.5, 0.6) is 5.75 Å². The van der Waals surface area contributed by atoms with Crippen molar-refractivity contribution in [1.29, 1.82) is 0 Å². The fraction of sp³-hybridized carbons (Fsp3) is 0.235. The van der Waals surface area contributed by atoms with Crippen molar-refractivity contribution in [2.45, 2.75) is 19.3 Å². The van der Waals surface area contributed by atoms with Gasteiger partial charge in [-0.3, -0.25) is 0 Å². The Bertz CT molecular complexity index is 542. The smallest absolute Gasteiger partial charge is 0.150 e. The summed E-state index contributed by atoms with van der Waals surface area (Å²) in [6.45, 7) is 0.465. The van der Waals surface area contributed by atoms with Gasteiger partial charge in [0.05, 0.1) is 17.7 Å². The summed E-state index contributed by atoms with van der Waals surface area (Å²) in [6.07, 6.45) is 19.2. The van der Waals surface area contributed by atoms with E-state index in [2.05, 4.69) is 17.8 Å². The molecule has 0 aromatic heterocycles. The van der Waals surface area contributed by atoms with Gasteiger partial charge in [0.15, 0.2) is 5.75 Å². The van der Waals surface area contributed by atoms with Crippen LogP contribution in [0.3, 0.4) is 0 Å². The number of rotatable bonds is 6. The molecule has 0 aliphatic carbocycles. The minimum atomic E-state index is 0.465. The van der Waals surface area contributed by atoms with E-state index >= 15 is 0 Å². The molecule has 0 heterocycles. The van der Waals surface area contributed by atoms with Crippen LogP contribution in [0.2, 0.25) is 0 Å². The van der Waals surface area contributed by atoms with Gasteiger partial charge in [0, 0.05) is 12.0 Å². The third-order valence-corrected chi connectivity index (χ3v) is 2.53. The SMILES string of the molecule is C#Cc1cc(C#C)c(OCCCCC=O)c(C#C)c1. The zero-order valence-electron chi connectivity index (χ0n) is 10.6. The first-order valence-electron chi connectivity index (χ1n) is 5.91. The maximum atomic E-state index is 10.2. The van der Waals surface area contributed by atoms with Crippen molar-refractivity contribution in [2.75, 3.05) is 6.61 Å². The van der Waals surface area contributed by atoms with Crippen molar-refractivity contribution >= 4 is 6.29 Å². The first kappa shape index (κ1) is 14.4. The number of benzene rings is 1. The number of ether oxygens (including phenoxy) is 1. The summed E-state index contributed by atoms with van der Waals surface area (Å²) in [5.74, 6) is 8.06. The van der Waals surface area contributed by atoms with Gasteiger partial charge in [0.2, 0.25) is 0 Å². The van der Waals surface area contributed by atoms with E-state index < -0.39 is 0 Å². The molecule has 0 N–H and O–H groups in total. The summed E-state index contributed by atoms with van der Waals surface area (Å²) < 4.78 is 5.63. The lowest BCUT2D eigenvalue weighted by atomic mass is 10.0. The predicted molar refractivity (Wildman–Crippen MR) is 75.7 cm³/mol. The summed E-state index contributed by atoms with van der Waals surface area (Å²) in [5.41, 5.74) is 1.74. The maximum absolute atomic E-state index is 10.2. The number of carbonyl (C=O) groups is 1. The van der Waals surface area contributed by atoms with Gasteiger partial charge < -0.3 is 9.53 Å². The summed E-state index contributed by atoms with van der Waals surface area (Å²) in [4.78, 5) is 10.2. The Balaban J connectivity index is 2.88. The average Bonchev–Trinajstić information content (AvgIpc) is 2.46. The Morgan fingerprint density at radius 3 is 2.16 bits per heavy atom. The van der Waals surface area contributed by atoms with Crippen LogP contribution in [0.1, 0.15) is 36.0 Å². The summed E-state index contributed by atoms with van der Waals surface area (Å²) in [7, 11) is 0. The van der Waals surface area contributed by atoms with E-state index in [-0.39, 0.29) is 0 Å². The van der Waals surface area contributed by atoms with E-state index in [0.717, 1.165) is 19.1 Å². The van der Waals surface area contributed by atoms with Crippen LogP contribution in [-0.2, 0) is 4.79 Å². The normalized spacial score (nSPS) is 8.89. The molecule has 0 amide bonds. The van der Waals surface area contributed by atoms with Crippen LogP contribution in [0, 0.1) is 37.0 Å². The fourth-order valence-electron chi connectivity index (χ4n) is 1.59. The van der Waals surface area contributed by atoms with Crippen LogP contribution in [0.15, 0.2) is 12.1 Å². The molecule has 0 aliphatic rings. The molecule has 0 atom stereocenters. The molecule has 2 nitrogen and oxygen atoms in total. The van der Waals surface area contributed by atoms with E-state index in [1.165, 1.54) is 0 Å². The first-order valence-corrected chi connectivity index (χ1v) is 5.91. The third kappa shape index (κ3) is 3.95. The number of carbonyl (C=O) groups excluding carboxylic acids is 1. The second kappa shape index (κ2) is 7.65. The number of hydrogen-bond acceptors (Lipinski definition) is 2. The van der Waals surface area contributed by atoms with Gasteiger partial charge in [0.25, 0.3) is 0 Å². The highest BCUT2D eigenvalue weighted by molar-refractivity contribution is 5.60. The topological polar surface area (TPSA) is 26.3 Å². The Labute approximate surface area is 114 Å². The van der Waals surface area contributed by atoms with Gasteiger partial charge >= 0.3 is 0 Å². The van der Waals surface area contributed by atoms with Gasteiger partial charge in [-0.1, -0.05) is 17.8 Å². The van der Waals surface area contributed by atoms with Crippen molar-refractivity contribution in [3.05, 3.63) is 28.8 Å². The molecule has 0 unspecified atom stereocenters. The number of unbranched alkanes of at least 4 members (excludes halogenated alkanes) is 2. The van der Waals surface area contributed by atoms with Gasteiger partial charge in [-0.2, -0.15) is 0 Å². The fourth-order valence-corrected chi connectivity index (χ4v) is 1.59. The molecule has 19 heavy (non-hydrogen) atoms. The Hall–Kier alpha value is -2.63.